The van der Waals surface area contributed by atoms with Gasteiger partial charge in [-0.25, -0.2) is 9.52 Å². The molecule has 2 aliphatic carbocycles. The van der Waals surface area contributed by atoms with Crippen LogP contribution in [-0.2, 0) is 42.3 Å². The van der Waals surface area contributed by atoms with Crippen molar-refractivity contribution < 1.29 is 13.2 Å². The Bertz CT molecular complexity index is 948. The Morgan fingerprint density at radius 2 is 1.81 bits per heavy atom. The number of anilines is 1. The molecule has 0 bridgehead atoms. The monoisotopic (exact) mass is 375 g/mol. The second-order valence-electron chi connectivity index (χ2n) is 6.71. The third-order valence-electron chi connectivity index (χ3n) is 5.06. The molecule has 2 N–H and O–H groups in total. The summed E-state index contributed by atoms with van der Waals surface area (Å²) < 4.78 is 28.1. The fourth-order valence-electron chi connectivity index (χ4n) is 3.84. The van der Waals surface area contributed by atoms with E-state index in [2.05, 4.69) is 21.7 Å². The maximum atomic E-state index is 12.4. The Balaban J connectivity index is 1.58. The number of hydrogen-bond donors (Lipinski definition) is 2. The molecular weight excluding hydrogens is 354 g/mol. The highest BCUT2D eigenvalue weighted by atomic mass is 32.2. The number of benzene rings is 1. The van der Waals surface area contributed by atoms with E-state index in [9.17, 15) is 13.2 Å². The van der Waals surface area contributed by atoms with Crippen LogP contribution in [-0.4, -0.2) is 29.4 Å². The van der Waals surface area contributed by atoms with Gasteiger partial charge in [-0.2, -0.15) is 8.42 Å². The molecule has 1 aromatic heterocycles. The van der Waals surface area contributed by atoms with Gasteiger partial charge >= 0.3 is 6.03 Å². The molecule has 0 fully saturated rings. The van der Waals surface area contributed by atoms with Crippen molar-refractivity contribution >= 4 is 21.7 Å². The van der Waals surface area contributed by atoms with Gasteiger partial charge in [0.1, 0.15) is 0 Å². The number of urea groups is 1. The van der Waals surface area contributed by atoms with Crippen molar-refractivity contribution in [2.45, 2.75) is 57.0 Å². The molecular formula is C17H21N5O3S. The zero-order valence-electron chi connectivity index (χ0n) is 14.6. The number of sulfonamides is 1. The molecule has 0 atom stereocenters. The van der Waals surface area contributed by atoms with Crippen molar-refractivity contribution in [1.29, 1.82) is 0 Å². The zero-order chi connectivity index (χ0) is 18.3. The van der Waals surface area contributed by atoms with Crippen molar-refractivity contribution in [3.63, 3.8) is 0 Å². The van der Waals surface area contributed by atoms with Crippen LogP contribution in [0.3, 0.4) is 0 Å². The summed E-state index contributed by atoms with van der Waals surface area (Å²) in [5.74, 6) is 0. The third kappa shape index (κ3) is 2.96. The summed E-state index contributed by atoms with van der Waals surface area (Å²) in [4.78, 5) is 12.4. The van der Waals surface area contributed by atoms with E-state index in [4.69, 9.17) is 0 Å². The average Bonchev–Trinajstić information content (AvgIpc) is 3.33. The lowest BCUT2D eigenvalue weighted by Gasteiger charge is -2.16. The Labute approximate surface area is 152 Å². The number of nitrogens with one attached hydrogen (secondary N) is 2. The van der Waals surface area contributed by atoms with Gasteiger partial charge in [0.2, 0.25) is 5.03 Å². The van der Waals surface area contributed by atoms with Gasteiger partial charge in [-0.05, 0) is 67.7 Å². The number of carbonyl (C=O) groups is 1. The molecule has 138 valence electrons. The van der Waals surface area contributed by atoms with Crippen molar-refractivity contribution in [3.8, 4) is 0 Å². The van der Waals surface area contributed by atoms with Gasteiger partial charge in [0.05, 0.1) is 6.20 Å². The molecule has 1 heterocycles. The molecule has 2 aromatic rings. The van der Waals surface area contributed by atoms with Crippen LogP contribution >= 0.6 is 0 Å². The second kappa shape index (κ2) is 6.39. The second-order valence-corrected chi connectivity index (χ2v) is 8.34. The highest BCUT2D eigenvalue weighted by molar-refractivity contribution is 7.90. The summed E-state index contributed by atoms with van der Waals surface area (Å²) in [6.07, 6.45) is 7.27. The van der Waals surface area contributed by atoms with Gasteiger partial charge in [0.25, 0.3) is 10.0 Å². The first-order chi connectivity index (χ1) is 12.5. The summed E-state index contributed by atoms with van der Waals surface area (Å²) in [5, 5.41) is 9.86. The van der Waals surface area contributed by atoms with Crippen LogP contribution < -0.4 is 10.0 Å². The maximum Gasteiger partial charge on any atom is 0.333 e. The summed E-state index contributed by atoms with van der Waals surface area (Å²) in [5.41, 5.74) is 5.65. The van der Waals surface area contributed by atoms with Crippen molar-refractivity contribution in [2.75, 3.05) is 5.32 Å². The molecule has 0 aliphatic heterocycles. The third-order valence-corrected chi connectivity index (χ3v) is 6.25. The molecule has 26 heavy (non-hydrogen) atoms. The highest BCUT2D eigenvalue weighted by Gasteiger charge is 2.27. The van der Waals surface area contributed by atoms with Gasteiger partial charge in [-0.1, -0.05) is 11.3 Å². The standard InChI is InChI=1S/C17H21N5O3S/c1-2-22-10-15(19-21-22)26(24,25)20-17(23)18-16-13-7-3-5-11(13)9-12-6-4-8-14(12)16/h9-10H,2-8H2,1H3,(H2,18,20,23). The predicted molar refractivity (Wildman–Crippen MR) is 95.5 cm³/mol. The summed E-state index contributed by atoms with van der Waals surface area (Å²) >= 11 is 0. The molecule has 0 radical (unpaired) electrons. The Hall–Kier alpha value is -2.42. The largest absolute Gasteiger partial charge is 0.333 e. The first-order valence-corrected chi connectivity index (χ1v) is 10.4. The molecule has 2 amide bonds. The minimum Gasteiger partial charge on any atom is -0.307 e. The van der Waals surface area contributed by atoms with Crippen LogP contribution in [0, 0.1) is 0 Å². The van der Waals surface area contributed by atoms with E-state index in [0.29, 0.717) is 6.54 Å². The highest BCUT2D eigenvalue weighted by Crippen LogP contribution is 2.38. The average molecular weight is 375 g/mol. The number of aromatic nitrogens is 3. The predicted octanol–water partition coefficient (Wildman–Crippen LogP) is 1.79. The van der Waals surface area contributed by atoms with Gasteiger partial charge < -0.3 is 5.32 Å². The summed E-state index contributed by atoms with van der Waals surface area (Å²) in [6.45, 7) is 2.32. The molecule has 8 nitrogen and oxygen atoms in total. The van der Waals surface area contributed by atoms with Crippen molar-refractivity contribution in [2.24, 2.45) is 0 Å². The smallest absolute Gasteiger partial charge is 0.307 e. The van der Waals surface area contributed by atoms with Crippen LogP contribution in [0.15, 0.2) is 17.3 Å². The molecule has 1 aromatic carbocycles. The quantitative estimate of drug-likeness (QED) is 0.847. The normalized spacial score (nSPS) is 15.6. The SMILES string of the molecule is CCn1cc(S(=O)(=O)NC(=O)Nc2c3c(cc4c2CCC4)CCC3)nn1. The Kier molecular flexibility index (Phi) is 4.18. The van der Waals surface area contributed by atoms with Crippen LogP contribution in [0.2, 0.25) is 0 Å². The summed E-state index contributed by atoms with van der Waals surface area (Å²) in [6, 6.07) is 1.50. The maximum absolute atomic E-state index is 12.4. The van der Waals surface area contributed by atoms with Crippen LogP contribution in [0.5, 0.6) is 0 Å². The van der Waals surface area contributed by atoms with E-state index in [1.165, 1.54) is 22.0 Å². The molecule has 0 saturated carbocycles. The molecule has 4 rings (SSSR count). The van der Waals surface area contributed by atoms with Crippen LogP contribution in [0.1, 0.15) is 42.0 Å². The first kappa shape index (κ1) is 17.0. The number of fused-ring (bicyclic) bond motifs is 2. The molecule has 2 aliphatic rings. The first-order valence-electron chi connectivity index (χ1n) is 8.88. The Morgan fingerprint density at radius 1 is 1.15 bits per heavy atom. The number of amides is 2. The van der Waals surface area contributed by atoms with E-state index in [1.54, 1.807) is 0 Å². The van der Waals surface area contributed by atoms with E-state index in [-0.39, 0.29) is 5.03 Å². The topological polar surface area (TPSA) is 106 Å². The Morgan fingerprint density at radius 3 is 2.38 bits per heavy atom. The van der Waals surface area contributed by atoms with E-state index in [0.717, 1.165) is 55.3 Å². The number of aryl methyl sites for hydroxylation is 3. The fourth-order valence-corrected chi connectivity index (χ4v) is 4.64. The lowest BCUT2D eigenvalue weighted by molar-refractivity contribution is 0.256. The van der Waals surface area contributed by atoms with Crippen LogP contribution in [0.25, 0.3) is 0 Å². The number of hydrogen-bond acceptors (Lipinski definition) is 5. The summed E-state index contributed by atoms with van der Waals surface area (Å²) in [7, 11) is -4.05. The van der Waals surface area contributed by atoms with Gasteiger partial charge in [0, 0.05) is 12.2 Å². The lowest BCUT2D eigenvalue weighted by Crippen LogP contribution is -2.35. The minimum absolute atomic E-state index is 0.266. The van der Waals surface area contributed by atoms with Gasteiger partial charge in [0.15, 0.2) is 0 Å². The minimum atomic E-state index is -4.05. The van der Waals surface area contributed by atoms with Crippen LogP contribution in [0.4, 0.5) is 10.5 Å². The van der Waals surface area contributed by atoms with E-state index in [1.807, 2.05) is 11.6 Å². The molecule has 0 unspecified atom stereocenters. The molecule has 0 spiro atoms. The molecule has 0 saturated heterocycles. The lowest BCUT2D eigenvalue weighted by atomic mass is 9.99. The number of rotatable bonds is 4. The number of carbonyl (C=O) groups excluding carboxylic acids is 1. The van der Waals surface area contributed by atoms with E-state index >= 15 is 0 Å². The fraction of sp³-hybridized carbons (Fsp3) is 0.471. The zero-order valence-corrected chi connectivity index (χ0v) is 15.4. The van der Waals surface area contributed by atoms with E-state index < -0.39 is 16.1 Å². The van der Waals surface area contributed by atoms with Gasteiger partial charge in [-0.15, -0.1) is 5.10 Å². The van der Waals surface area contributed by atoms with Crippen molar-refractivity contribution in [1.82, 2.24) is 19.7 Å². The number of nitrogens with zero attached hydrogens (tertiary/aromatic N) is 3. The van der Waals surface area contributed by atoms with Crippen molar-refractivity contribution in [3.05, 3.63) is 34.5 Å². The molecule has 9 heteroatoms. The van der Waals surface area contributed by atoms with Gasteiger partial charge in [-0.3, -0.25) is 4.68 Å².